The van der Waals surface area contributed by atoms with Gasteiger partial charge in [-0.1, -0.05) is 29.8 Å². The van der Waals surface area contributed by atoms with Crippen molar-refractivity contribution in [3.05, 3.63) is 83.4 Å². The van der Waals surface area contributed by atoms with E-state index in [9.17, 15) is 21.6 Å². The summed E-state index contributed by atoms with van der Waals surface area (Å²) in [5, 5.41) is 2.73. The van der Waals surface area contributed by atoms with Gasteiger partial charge in [-0.15, -0.1) is 0 Å². The summed E-state index contributed by atoms with van der Waals surface area (Å²) in [5.74, 6) is -0.294. The predicted molar refractivity (Wildman–Crippen MR) is 144 cm³/mol. The molecule has 0 saturated carbocycles. The van der Waals surface area contributed by atoms with E-state index in [0.29, 0.717) is 23.5 Å². The molecule has 0 atom stereocenters. The fourth-order valence-corrected chi connectivity index (χ4v) is 5.69. The Hall–Kier alpha value is -3.37. The molecule has 10 heteroatoms. The molecule has 3 aromatic carbocycles. The first-order chi connectivity index (χ1) is 16.8. The normalized spacial score (nSPS) is 11.7. The van der Waals surface area contributed by atoms with Gasteiger partial charge in [-0.3, -0.25) is 13.8 Å². The van der Waals surface area contributed by atoms with E-state index >= 15 is 0 Å². The summed E-state index contributed by atoms with van der Waals surface area (Å²) >= 11 is 0. The Morgan fingerprint density at radius 3 is 2.00 bits per heavy atom. The molecule has 0 aliphatic carbocycles. The van der Waals surface area contributed by atoms with Crippen LogP contribution in [-0.2, 0) is 24.8 Å². The zero-order valence-electron chi connectivity index (χ0n) is 20.8. The molecule has 1 amide bonds. The molecule has 0 spiro atoms. The van der Waals surface area contributed by atoms with E-state index in [0.717, 1.165) is 22.9 Å². The third-order valence-electron chi connectivity index (χ3n) is 5.55. The second-order valence-electron chi connectivity index (χ2n) is 8.77. The summed E-state index contributed by atoms with van der Waals surface area (Å²) in [5.41, 5.74) is 4.32. The summed E-state index contributed by atoms with van der Waals surface area (Å²) in [4.78, 5) is 12.5. The van der Waals surface area contributed by atoms with Gasteiger partial charge >= 0.3 is 0 Å². The lowest BCUT2D eigenvalue weighted by molar-refractivity contribution is -0.116. The zero-order chi connectivity index (χ0) is 26.5. The maximum Gasteiger partial charge on any atom is 0.261 e. The predicted octanol–water partition coefficient (Wildman–Crippen LogP) is 4.60. The van der Waals surface area contributed by atoms with Crippen LogP contribution in [0.15, 0.2) is 71.6 Å². The molecule has 3 aromatic rings. The fraction of sp³-hybridized carbons (Fsp3) is 0.269. The van der Waals surface area contributed by atoms with Crippen molar-refractivity contribution in [3.63, 3.8) is 0 Å². The molecule has 36 heavy (non-hydrogen) atoms. The number of hydrogen-bond donors (Lipinski definition) is 2. The van der Waals surface area contributed by atoms with Crippen LogP contribution >= 0.6 is 0 Å². The Labute approximate surface area is 213 Å². The van der Waals surface area contributed by atoms with Crippen molar-refractivity contribution in [1.82, 2.24) is 0 Å². The van der Waals surface area contributed by atoms with Crippen molar-refractivity contribution in [3.8, 4) is 0 Å². The van der Waals surface area contributed by atoms with Crippen LogP contribution in [-0.4, -0.2) is 35.5 Å². The molecular weight excluding hydrogens is 498 g/mol. The molecular formula is C26H31N3O5S2. The second kappa shape index (κ2) is 11.1. The fourth-order valence-electron chi connectivity index (χ4n) is 3.61. The van der Waals surface area contributed by atoms with Crippen molar-refractivity contribution in [2.24, 2.45) is 0 Å². The van der Waals surface area contributed by atoms with E-state index in [-0.39, 0.29) is 23.8 Å². The minimum atomic E-state index is -3.77. The van der Waals surface area contributed by atoms with Crippen LogP contribution in [0.25, 0.3) is 0 Å². The standard InChI is InChI=1S/C26H31N3O5S2/c1-19-8-11-23(12-9-19)28-36(33,34)24-15-13-22(14-16-24)27-26(30)6-5-17-29(35(4,31)32)25-18-20(2)7-10-21(25)3/h7-16,18,28H,5-6,17H2,1-4H3,(H,27,30). The molecule has 0 aliphatic heterocycles. The number of anilines is 3. The smallest absolute Gasteiger partial charge is 0.261 e. The van der Waals surface area contributed by atoms with Gasteiger partial charge in [0.25, 0.3) is 10.0 Å². The van der Waals surface area contributed by atoms with Gasteiger partial charge in [-0.2, -0.15) is 0 Å². The molecule has 0 bridgehead atoms. The van der Waals surface area contributed by atoms with Crippen molar-refractivity contribution >= 4 is 43.0 Å². The molecule has 0 radical (unpaired) electrons. The molecule has 192 valence electrons. The van der Waals surface area contributed by atoms with Crippen molar-refractivity contribution in [2.75, 3.05) is 27.1 Å². The SMILES string of the molecule is Cc1ccc(NS(=O)(=O)c2ccc(NC(=O)CCCN(c3cc(C)ccc3C)S(C)(=O)=O)cc2)cc1. The molecule has 0 fully saturated rings. The molecule has 0 aromatic heterocycles. The van der Waals surface area contributed by atoms with Crippen LogP contribution in [0.3, 0.4) is 0 Å². The number of aryl methyl sites for hydroxylation is 3. The highest BCUT2D eigenvalue weighted by molar-refractivity contribution is 7.92. The average molecular weight is 530 g/mol. The topological polar surface area (TPSA) is 113 Å². The maximum atomic E-state index is 12.6. The lowest BCUT2D eigenvalue weighted by Crippen LogP contribution is -2.32. The van der Waals surface area contributed by atoms with Crippen molar-refractivity contribution in [2.45, 2.75) is 38.5 Å². The summed E-state index contributed by atoms with van der Waals surface area (Å²) in [7, 11) is -7.29. The van der Waals surface area contributed by atoms with E-state index in [2.05, 4.69) is 10.0 Å². The first-order valence-corrected chi connectivity index (χ1v) is 14.7. The monoisotopic (exact) mass is 529 g/mol. The van der Waals surface area contributed by atoms with E-state index < -0.39 is 20.0 Å². The number of sulfonamides is 2. The Morgan fingerprint density at radius 2 is 1.39 bits per heavy atom. The Bertz CT molecular complexity index is 1430. The van der Waals surface area contributed by atoms with Crippen LogP contribution in [0.5, 0.6) is 0 Å². The summed E-state index contributed by atoms with van der Waals surface area (Å²) in [6, 6.07) is 18.5. The van der Waals surface area contributed by atoms with Gasteiger partial charge in [0.05, 0.1) is 16.8 Å². The number of amides is 1. The number of hydrogen-bond acceptors (Lipinski definition) is 5. The largest absolute Gasteiger partial charge is 0.326 e. The minimum Gasteiger partial charge on any atom is -0.326 e. The number of benzene rings is 3. The van der Waals surface area contributed by atoms with E-state index in [1.807, 2.05) is 51.1 Å². The Morgan fingerprint density at radius 1 is 0.806 bits per heavy atom. The molecule has 2 N–H and O–H groups in total. The highest BCUT2D eigenvalue weighted by Gasteiger charge is 2.20. The minimum absolute atomic E-state index is 0.0680. The third-order valence-corrected chi connectivity index (χ3v) is 8.13. The molecule has 3 rings (SSSR count). The van der Waals surface area contributed by atoms with Gasteiger partial charge in [0.15, 0.2) is 0 Å². The Balaban J connectivity index is 1.59. The van der Waals surface area contributed by atoms with Gasteiger partial charge < -0.3 is 5.32 Å². The second-order valence-corrected chi connectivity index (χ2v) is 12.4. The average Bonchev–Trinajstić information content (AvgIpc) is 2.79. The van der Waals surface area contributed by atoms with Gasteiger partial charge in [0.2, 0.25) is 15.9 Å². The molecule has 0 heterocycles. The van der Waals surface area contributed by atoms with Crippen LogP contribution in [0.4, 0.5) is 17.1 Å². The van der Waals surface area contributed by atoms with Crippen molar-refractivity contribution in [1.29, 1.82) is 0 Å². The van der Waals surface area contributed by atoms with Gasteiger partial charge in [0, 0.05) is 24.3 Å². The lowest BCUT2D eigenvalue weighted by Gasteiger charge is -2.24. The molecule has 8 nitrogen and oxygen atoms in total. The number of carbonyl (C=O) groups is 1. The van der Waals surface area contributed by atoms with E-state index in [4.69, 9.17) is 0 Å². The first kappa shape index (κ1) is 27.2. The van der Waals surface area contributed by atoms with Gasteiger partial charge in [-0.25, -0.2) is 16.8 Å². The summed E-state index contributed by atoms with van der Waals surface area (Å²) < 4.78 is 53.8. The molecule has 0 unspecified atom stereocenters. The maximum absolute atomic E-state index is 12.6. The number of rotatable bonds is 10. The van der Waals surface area contributed by atoms with Crippen LogP contribution in [0, 0.1) is 20.8 Å². The van der Waals surface area contributed by atoms with Gasteiger partial charge in [-0.05, 0) is 80.8 Å². The summed E-state index contributed by atoms with van der Waals surface area (Å²) in [6.07, 6.45) is 1.57. The lowest BCUT2D eigenvalue weighted by atomic mass is 10.1. The third kappa shape index (κ3) is 7.32. The van der Waals surface area contributed by atoms with Gasteiger partial charge in [0.1, 0.15) is 0 Å². The van der Waals surface area contributed by atoms with Crippen molar-refractivity contribution < 1.29 is 21.6 Å². The number of nitrogens with one attached hydrogen (secondary N) is 2. The molecule has 0 aliphatic rings. The summed E-state index contributed by atoms with van der Waals surface area (Å²) in [6.45, 7) is 5.82. The zero-order valence-corrected chi connectivity index (χ0v) is 22.4. The van der Waals surface area contributed by atoms with Crippen LogP contribution < -0.4 is 14.3 Å². The highest BCUT2D eigenvalue weighted by Crippen LogP contribution is 2.24. The molecule has 0 saturated heterocycles. The number of carbonyl (C=O) groups excluding carboxylic acids is 1. The Kier molecular flexibility index (Phi) is 8.42. The van der Waals surface area contributed by atoms with E-state index in [1.54, 1.807) is 12.1 Å². The highest BCUT2D eigenvalue weighted by atomic mass is 32.2. The van der Waals surface area contributed by atoms with E-state index in [1.165, 1.54) is 28.6 Å². The number of nitrogens with zero attached hydrogens (tertiary/aromatic N) is 1. The quantitative estimate of drug-likeness (QED) is 0.399. The van der Waals surface area contributed by atoms with Crippen LogP contribution in [0.2, 0.25) is 0 Å². The first-order valence-electron chi connectivity index (χ1n) is 11.4. The van der Waals surface area contributed by atoms with Crippen LogP contribution in [0.1, 0.15) is 29.5 Å².